The lowest BCUT2D eigenvalue weighted by Crippen LogP contribution is -2.52. The van der Waals surface area contributed by atoms with E-state index in [1.54, 1.807) is 42.1 Å². The normalized spacial score (nSPS) is 11.3. The molecule has 0 bridgehead atoms. The highest BCUT2D eigenvalue weighted by Gasteiger charge is 2.21. The van der Waals surface area contributed by atoms with Crippen LogP contribution < -0.4 is 16.2 Å². The molecule has 0 radical (unpaired) electrons. The second-order valence-electron chi connectivity index (χ2n) is 5.21. The number of hydrazine groups is 1. The highest BCUT2D eigenvalue weighted by atomic mass is 32.2. The molecular formula is C17H19N5O3S. The van der Waals surface area contributed by atoms with Gasteiger partial charge in [-0.15, -0.1) is 0 Å². The van der Waals surface area contributed by atoms with Gasteiger partial charge in [-0.2, -0.15) is 11.8 Å². The van der Waals surface area contributed by atoms with Gasteiger partial charge in [-0.25, -0.2) is 4.98 Å². The molecule has 1 aromatic heterocycles. The first-order valence-electron chi connectivity index (χ1n) is 7.83. The Morgan fingerprint density at radius 3 is 2.50 bits per heavy atom. The predicted octanol–water partition coefficient (Wildman–Crippen LogP) is 0.789. The molecule has 0 saturated carbocycles. The molecule has 26 heavy (non-hydrogen) atoms. The highest BCUT2D eigenvalue weighted by molar-refractivity contribution is 7.98. The second kappa shape index (κ2) is 10.1. The summed E-state index contributed by atoms with van der Waals surface area (Å²) in [5.41, 5.74) is 5.11. The summed E-state index contributed by atoms with van der Waals surface area (Å²) in [5.74, 6) is -0.789. The van der Waals surface area contributed by atoms with E-state index in [0.29, 0.717) is 17.7 Å². The van der Waals surface area contributed by atoms with Gasteiger partial charge in [0, 0.05) is 18.0 Å². The Bertz CT molecular complexity index is 743. The number of rotatable bonds is 7. The van der Waals surface area contributed by atoms with E-state index < -0.39 is 17.9 Å². The smallest absolute Gasteiger partial charge is 0.289 e. The Labute approximate surface area is 155 Å². The summed E-state index contributed by atoms with van der Waals surface area (Å²) in [7, 11) is 0. The summed E-state index contributed by atoms with van der Waals surface area (Å²) in [6.07, 6.45) is 6.42. The van der Waals surface area contributed by atoms with Crippen LogP contribution in [0.4, 0.5) is 0 Å². The fourth-order valence-electron chi connectivity index (χ4n) is 2.02. The topological polar surface area (TPSA) is 113 Å². The first-order chi connectivity index (χ1) is 12.6. The number of benzene rings is 1. The number of nitrogens with zero attached hydrogens (tertiary/aromatic N) is 2. The van der Waals surface area contributed by atoms with Crippen molar-refractivity contribution in [3.63, 3.8) is 0 Å². The lowest BCUT2D eigenvalue weighted by molar-refractivity contribution is -0.123. The number of aromatic nitrogens is 2. The standard InChI is InChI=1S/C17H19N5O3S/c1-26-10-7-13(20-15(23)12-5-3-2-4-6-12)16(24)21-22-17(25)14-11-18-8-9-19-14/h2-6,8-9,11,13H,7,10H2,1H3,(H,20,23)(H,21,24)(H,22,25)/t13-/m1/s1. The van der Waals surface area contributed by atoms with E-state index >= 15 is 0 Å². The number of thioether (sulfide) groups is 1. The zero-order valence-electron chi connectivity index (χ0n) is 14.1. The molecule has 0 aliphatic rings. The lowest BCUT2D eigenvalue weighted by Gasteiger charge is -2.18. The predicted molar refractivity (Wildman–Crippen MR) is 98.3 cm³/mol. The second-order valence-corrected chi connectivity index (χ2v) is 6.19. The number of nitrogens with one attached hydrogen (secondary N) is 3. The molecule has 136 valence electrons. The molecule has 0 aliphatic heterocycles. The summed E-state index contributed by atoms with van der Waals surface area (Å²) >= 11 is 1.55. The van der Waals surface area contributed by atoms with Crippen LogP contribution in [-0.4, -0.2) is 45.7 Å². The quantitative estimate of drug-likeness (QED) is 0.619. The summed E-state index contributed by atoms with van der Waals surface area (Å²) in [6, 6.07) is 7.83. The summed E-state index contributed by atoms with van der Waals surface area (Å²) < 4.78 is 0. The van der Waals surface area contributed by atoms with Crippen LogP contribution in [0.15, 0.2) is 48.9 Å². The minimum atomic E-state index is -0.780. The number of hydrogen-bond donors (Lipinski definition) is 3. The molecule has 8 nitrogen and oxygen atoms in total. The van der Waals surface area contributed by atoms with E-state index in [1.807, 2.05) is 6.26 Å². The van der Waals surface area contributed by atoms with Crippen molar-refractivity contribution in [1.29, 1.82) is 0 Å². The molecule has 0 fully saturated rings. The fourth-order valence-corrected chi connectivity index (χ4v) is 2.49. The largest absolute Gasteiger partial charge is 0.340 e. The van der Waals surface area contributed by atoms with Crippen LogP contribution in [0.1, 0.15) is 27.3 Å². The van der Waals surface area contributed by atoms with Gasteiger partial charge in [-0.1, -0.05) is 18.2 Å². The van der Waals surface area contributed by atoms with Crippen molar-refractivity contribution in [3.8, 4) is 0 Å². The van der Waals surface area contributed by atoms with Gasteiger partial charge in [0.1, 0.15) is 11.7 Å². The molecule has 3 N–H and O–H groups in total. The number of amides is 3. The van der Waals surface area contributed by atoms with Crippen LogP contribution in [0.2, 0.25) is 0 Å². The SMILES string of the molecule is CSCC[C@@H](NC(=O)c1ccccc1)C(=O)NNC(=O)c1cnccn1. The first-order valence-corrected chi connectivity index (χ1v) is 9.22. The molecule has 1 atom stereocenters. The van der Waals surface area contributed by atoms with Crippen molar-refractivity contribution < 1.29 is 14.4 Å². The van der Waals surface area contributed by atoms with Crippen LogP contribution in [0.3, 0.4) is 0 Å². The molecule has 2 rings (SSSR count). The Balaban J connectivity index is 1.95. The van der Waals surface area contributed by atoms with Crippen molar-refractivity contribution in [1.82, 2.24) is 26.1 Å². The average molecular weight is 373 g/mol. The lowest BCUT2D eigenvalue weighted by atomic mass is 10.1. The fraction of sp³-hybridized carbons (Fsp3) is 0.235. The molecule has 3 amide bonds. The van der Waals surface area contributed by atoms with Crippen molar-refractivity contribution in [2.75, 3.05) is 12.0 Å². The van der Waals surface area contributed by atoms with Gasteiger partial charge in [0.15, 0.2) is 0 Å². The molecule has 0 unspecified atom stereocenters. The van der Waals surface area contributed by atoms with Gasteiger partial charge in [0.2, 0.25) is 0 Å². The van der Waals surface area contributed by atoms with Gasteiger partial charge < -0.3 is 5.32 Å². The third-order valence-corrected chi connectivity index (χ3v) is 4.01. The van der Waals surface area contributed by atoms with E-state index in [-0.39, 0.29) is 11.6 Å². The average Bonchev–Trinajstić information content (AvgIpc) is 2.70. The highest BCUT2D eigenvalue weighted by Crippen LogP contribution is 2.04. The maximum absolute atomic E-state index is 12.4. The zero-order chi connectivity index (χ0) is 18.8. The van der Waals surface area contributed by atoms with Crippen LogP contribution in [-0.2, 0) is 4.79 Å². The third kappa shape index (κ3) is 5.85. The minimum Gasteiger partial charge on any atom is -0.340 e. The van der Waals surface area contributed by atoms with E-state index in [2.05, 4.69) is 26.1 Å². The third-order valence-electron chi connectivity index (χ3n) is 3.36. The van der Waals surface area contributed by atoms with Crippen molar-refractivity contribution >= 4 is 29.5 Å². The van der Waals surface area contributed by atoms with Gasteiger partial charge >= 0.3 is 0 Å². The van der Waals surface area contributed by atoms with Gasteiger partial charge in [-0.05, 0) is 30.6 Å². The summed E-state index contributed by atoms with van der Waals surface area (Å²) in [6.45, 7) is 0. The summed E-state index contributed by atoms with van der Waals surface area (Å²) in [5, 5.41) is 2.69. The Kier molecular flexibility index (Phi) is 7.56. The number of hydrogen-bond acceptors (Lipinski definition) is 6. The van der Waals surface area contributed by atoms with Crippen LogP contribution >= 0.6 is 11.8 Å². The van der Waals surface area contributed by atoms with Crippen LogP contribution in [0.25, 0.3) is 0 Å². The Morgan fingerprint density at radius 1 is 1.08 bits per heavy atom. The first kappa shape index (κ1) is 19.4. The molecular weight excluding hydrogens is 354 g/mol. The molecule has 1 aromatic carbocycles. The Hall–Kier alpha value is -2.94. The molecule has 9 heteroatoms. The number of carbonyl (C=O) groups excluding carboxylic acids is 3. The molecule has 0 aliphatic carbocycles. The van der Waals surface area contributed by atoms with Gasteiger partial charge in [-0.3, -0.25) is 30.2 Å². The van der Waals surface area contributed by atoms with E-state index in [0.717, 1.165) is 0 Å². The van der Waals surface area contributed by atoms with Crippen LogP contribution in [0, 0.1) is 0 Å². The van der Waals surface area contributed by atoms with E-state index in [1.165, 1.54) is 18.6 Å². The van der Waals surface area contributed by atoms with Crippen molar-refractivity contribution in [3.05, 3.63) is 60.2 Å². The zero-order valence-corrected chi connectivity index (χ0v) is 15.0. The molecule has 1 heterocycles. The van der Waals surface area contributed by atoms with E-state index in [4.69, 9.17) is 0 Å². The van der Waals surface area contributed by atoms with Crippen molar-refractivity contribution in [2.24, 2.45) is 0 Å². The maximum atomic E-state index is 12.4. The van der Waals surface area contributed by atoms with Gasteiger partial charge in [0.25, 0.3) is 17.7 Å². The van der Waals surface area contributed by atoms with Gasteiger partial charge in [0.05, 0.1) is 6.20 Å². The molecule has 0 saturated heterocycles. The molecule has 2 aromatic rings. The Morgan fingerprint density at radius 2 is 1.85 bits per heavy atom. The van der Waals surface area contributed by atoms with Crippen molar-refractivity contribution in [2.45, 2.75) is 12.5 Å². The molecule has 0 spiro atoms. The van der Waals surface area contributed by atoms with Crippen LogP contribution in [0.5, 0.6) is 0 Å². The summed E-state index contributed by atoms with van der Waals surface area (Å²) in [4.78, 5) is 44.2. The monoisotopic (exact) mass is 373 g/mol. The maximum Gasteiger partial charge on any atom is 0.289 e. The minimum absolute atomic E-state index is 0.0711. The van der Waals surface area contributed by atoms with E-state index in [9.17, 15) is 14.4 Å². The number of carbonyl (C=O) groups is 3.